The number of piperidine rings is 1. The molecule has 0 radical (unpaired) electrons. The minimum Gasteiger partial charge on any atom is -0.497 e. The van der Waals surface area contributed by atoms with Crippen molar-refractivity contribution in [3.63, 3.8) is 0 Å². The monoisotopic (exact) mass is 408 g/mol. The van der Waals surface area contributed by atoms with Crippen molar-refractivity contribution < 1.29 is 14.3 Å². The Morgan fingerprint density at radius 2 is 1.90 bits per heavy atom. The van der Waals surface area contributed by atoms with E-state index in [1.807, 2.05) is 34.9 Å². The van der Waals surface area contributed by atoms with Gasteiger partial charge >= 0.3 is 0 Å². The highest BCUT2D eigenvalue weighted by atomic mass is 16.5. The van der Waals surface area contributed by atoms with Gasteiger partial charge in [0, 0.05) is 31.3 Å². The summed E-state index contributed by atoms with van der Waals surface area (Å²) >= 11 is 0. The number of amides is 2. The largest absolute Gasteiger partial charge is 0.497 e. The smallest absolute Gasteiger partial charge is 0.253 e. The molecule has 5 rings (SSSR count). The number of methoxy groups -OCH3 is 1. The van der Waals surface area contributed by atoms with E-state index in [1.54, 1.807) is 19.2 Å². The molecule has 1 aromatic heterocycles. The molecular formula is C23H28N4O3. The summed E-state index contributed by atoms with van der Waals surface area (Å²) in [5.74, 6) is 2.54. The number of rotatable bonds is 4. The van der Waals surface area contributed by atoms with Gasteiger partial charge in [-0.15, -0.1) is 0 Å². The Bertz CT molecular complexity index is 969. The van der Waals surface area contributed by atoms with Gasteiger partial charge in [-0.05, 0) is 62.8 Å². The van der Waals surface area contributed by atoms with Crippen molar-refractivity contribution in [3.05, 3.63) is 41.6 Å². The molecule has 2 fully saturated rings. The number of aromatic nitrogens is 2. The van der Waals surface area contributed by atoms with E-state index in [2.05, 4.69) is 4.68 Å². The molecule has 1 saturated heterocycles. The maximum Gasteiger partial charge on any atom is 0.253 e. The highest BCUT2D eigenvalue weighted by Gasteiger charge is 2.47. The molecule has 1 aromatic carbocycles. The number of hydrogen-bond donors (Lipinski definition) is 0. The van der Waals surface area contributed by atoms with Gasteiger partial charge in [0.2, 0.25) is 5.91 Å². The molecule has 1 spiro atoms. The molecule has 158 valence electrons. The molecule has 7 heteroatoms. The Kier molecular flexibility index (Phi) is 4.56. The minimum atomic E-state index is -0.322. The summed E-state index contributed by atoms with van der Waals surface area (Å²) in [5.41, 5.74) is 1.28. The van der Waals surface area contributed by atoms with Crippen molar-refractivity contribution in [2.75, 3.05) is 31.6 Å². The average Bonchev–Trinajstić information content (AvgIpc) is 3.50. The Morgan fingerprint density at radius 3 is 2.53 bits per heavy atom. The number of likely N-dealkylation sites (tertiary alicyclic amines) is 1. The van der Waals surface area contributed by atoms with Gasteiger partial charge in [-0.1, -0.05) is 0 Å². The molecule has 0 N–H and O–H groups in total. The molecule has 0 atom stereocenters. The van der Waals surface area contributed by atoms with Gasteiger partial charge < -0.3 is 9.64 Å². The predicted octanol–water partition coefficient (Wildman–Crippen LogP) is 2.98. The summed E-state index contributed by atoms with van der Waals surface area (Å²) in [6, 6.07) is 9.27. The first-order chi connectivity index (χ1) is 14.5. The lowest BCUT2D eigenvalue weighted by Crippen LogP contribution is -2.55. The van der Waals surface area contributed by atoms with Crippen molar-refractivity contribution in [2.24, 2.45) is 5.92 Å². The summed E-state index contributed by atoms with van der Waals surface area (Å²) in [6.45, 7) is 4.04. The van der Waals surface area contributed by atoms with Gasteiger partial charge in [-0.2, -0.15) is 5.10 Å². The third-order valence-corrected chi connectivity index (χ3v) is 6.78. The molecule has 2 amide bonds. The lowest BCUT2D eigenvalue weighted by atomic mass is 9.82. The summed E-state index contributed by atoms with van der Waals surface area (Å²) < 4.78 is 7.28. The van der Waals surface area contributed by atoms with Gasteiger partial charge in [0.05, 0.1) is 24.8 Å². The quantitative estimate of drug-likeness (QED) is 0.780. The summed E-state index contributed by atoms with van der Waals surface area (Å²) in [4.78, 5) is 29.9. The number of aryl methyl sites for hydroxylation is 1. The Labute approximate surface area is 176 Å². The molecule has 7 nitrogen and oxygen atoms in total. The third kappa shape index (κ3) is 3.26. The van der Waals surface area contributed by atoms with Crippen LogP contribution < -0.4 is 9.64 Å². The molecule has 3 aliphatic rings. The van der Waals surface area contributed by atoms with Crippen molar-refractivity contribution in [1.29, 1.82) is 0 Å². The number of ether oxygens (including phenoxy) is 1. The number of carbonyl (C=O) groups excluding carboxylic acids is 2. The molecule has 0 unspecified atom stereocenters. The molecule has 2 aliphatic heterocycles. The van der Waals surface area contributed by atoms with Crippen LogP contribution in [0.15, 0.2) is 30.3 Å². The third-order valence-electron chi connectivity index (χ3n) is 6.78. The summed E-state index contributed by atoms with van der Waals surface area (Å²) in [5, 5.41) is 4.79. The second-order valence-electron chi connectivity index (χ2n) is 8.93. The van der Waals surface area contributed by atoms with Crippen LogP contribution in [0, 0.1) is 12.8 Å². The summed E-state index contributed by atoms with van der Waals surface area (Å²) in [6.07, 6.45) is 4.38. The highest BCUT2D eigenvalue weighted by molar-refractivity contribution is 5.96. The van der Waals surface area contributed by atoms with E-state index in [0.29, 0.717) is 31.0 Å². The predicted molar refractivity (Wildman–Crippen MR) is 113 cm³/mol. The van der Waals surface area contributed by atoms with E-state index in [0.717, 1.165) is 36.6 Å². The van der Waals surface area contributed by atoms with Gasteiger partial charge in [-0.25, -0.2) is 4.68 Å². The van der Waals surface area contributed by atoms with Crippen molar-refractivity contribution >= 4 is 17.6 Å². The lowest BCUT2D eigenvalue weighted by Gasteiger charge is -2.46. The van der Waals surface area contributed by atoms with Crippen molar-refractivity contribution in [2.45, 2.75) is 44.6 Å². The maximum atomic E-state index is 13.1. The molecule has 30 heavy (non-hydrogen) atoms. The zero-order valence-corrected chi connectivity index (χ0v) is 17.6. The van der Waals surface area contributed by atoms with Crippen LogP contribution in [0.1, 0.15) is 48.2 Å². The molecular weight excluding hydrogens is 380 g/mol. The number of carbonyl (C=O) groups is 2. The van der Waals surface area contributed by atoms with Gasteiger partial charge in [0.25, 0.3) is 5.91 Å². The fourth-order valence-corrected chi connectivity index (χ4v) is 4.79. The number of hydrogen-bond acceptors (Lipinski definition) is 4. The van der Waals surface area contributed by atoms with Crippen LogP contribution in [-0.2, 0) is 10.3 Å². The van der Waals surface area contributed by atoms with E-state index < -0.39 is 0 Å². The summed E-state index contributed by atoms with van der Waals surface area (Å²) in [7, 11) is 1.61. The van der Waals surface area contributed by atoms with Crippen LogP contribution in [0.25, 0.3) is 0 Å². The van der Waals surface area contributed by atoms with Crippen LogP contribution in [0.4, 0.5) is 5.82 Å². The van der Waals surface area contributed by atoms with E-state index in [-0.39, 0.29) is 17.4 Å². The van der Waals surface area contributed by atoms with Crippen LogP contribution >= 0.6 is 0 Å². The maximum absolute atomic E-state index is 13.1. The Morgan fingerprint density at radius 1 is 1.20 bits per heavy atom. The topological polar surface area (TPSA) is 67.7 Å². The Balaban J connectivity index is 1.35. The van der Waals surface area contributed by atoms with E-state index in [1.165, 1.54) is 12.8 Å². The SMILES string of the molecule is COc1ccc(C(=O)N2CCC3(CC2)CC(=O)N(CC2CC2)c2cc(C)nn23)cc1. The zero-order chi connectivity index (χ0) is 20.9. The first kappa shape index (κ1) is 19.2. The number of benzene rings is 1. The fraction of sp³-hybridized carbons (Fsp3) is 0.522. The second kappa shape index (κ2) is 7.15. The lowest BCUT2D eigenvalue weighted by molar-refractivity contribution is -0.122. The van der Waals surface area contributed by atoms with E-state index in [4.69, 9.17) is 9.84 Å². The van der Waals surface area contributed by atoms with Crippen molar-refractivity contribution in [3.8, 4) is 5.75 Å². The molecule has 1 aliphatic carbocycles. The fourth-order valence-electron chi connectivity index (χ4n) is 4.79. The number of fused-ring (bicyclic) bond motifs is 2. The zero-order valence-electron chi connectivity index (χ0n) is 17.6. The normalized spacial score (nSPS) is 20.4. The molecule has 3 heterocycles. The Hall–Kier alpha value is -2.83. The first-order valence-electron chi connectivity index (χ1n) is 10.8. The molecule has 2 aromatic rings. The van der Waals surface area contributed by atoms with Gasteiger partial charge in [0.1, 0.15) is 11.6 Å². The van der Waals surface area contributed by atoms with Gasteiger partial charge in [-0.3, -0.25) is 14.5 Å². The van der Waals surface area contributed by atoms with Crippen LogP contribution in [0.5, 0.6) is 5.75 Å². The average molecular weight is 409 g/mol. The van der Waals surface area contributed by atoms with Gasteiger partial charge in [0.15, 0.2) is 0 Å². The molecule has 1 saturated carbocycles. The van der Waals surface area contributed by atoms with Crippen LogP contribution in [-0.4, -0.2) is 53.2 Å². The van der Waals surface area contributed by atoms with Crippen LogP contribution in [0.3, 0.4) is 0 Å². The van der Waals surface area contributed by atoms with E-state index in [9.17, 15) is 9.59 Å². The number of nitrogens with zero attached hydrogens (tertiary/aromatic N) is 4. The second-order valence-corrected chi connectivity index (χ2v) is 8.93. The standard InChI is InChI=1S/C23H28N4O3/c1-16-13-20-26(15-17-3-4-17)21(28)14-23(27(20)24-16)9-11-25(12-10-23)22(29)18-5-7-19(30-2)8-6-18/h5-8,13,17H,3-4,9-12,14-15H2,1-2H3. The molecule has 0 bridgehead atoms. The minimum absolute atomic E-state index is 0.0295. The van der Waals surface area contributed by atoms with E-state index >= 15 is 0 Å². The first-order valence-corrected chi connectivity index (χ1v) is 10.8. The van der Waals surface area contributed by atoms with Crippen molar-refractivity contribution in [1.82, 2.24) is 14.7 Å². The highest BCUT2D eigenvalue weighted by Crippen LogP contribution is 2.43. The van der Waals surface area contributed by atoms with Crippen LogP contribution in [0.2, 0.25) is 0 Å². The number of anilines is 1.